The van der Waals surface area contributed by atoms with Gasteiger partial charge >= 0.3 is 0 Å². The first-order valence-corrected chi connectivity index (χ1v) is 9.09. The third-order valence-electron chi connectivity index (χ3n) is 4.76. The third-order valence-corrected chi connectivity index (χ3v) is 4.76. The summed E-state index contributed by atoms with van der Waals surface area (Å²) in [5, 5.41) is 0. The van der Waals surface area contributed by atoms with E-state index in [1.807, 2.05) is 19.0 Å². The fraction of sp³-hybridized carbons (Fsp3) is 0.526. The Kier molecular flexibility index (Phi) is 5.85. The first kappa shape index (κ1) is 20.1. The highest BCUT2D eigenvalue weighted by molar-refractivity contribution is 5.84. The summed E-state index contributed by atoms with van der Waals surface area (Å²) in [7, 11) is 5.29. The third kappa shape index (κ3) is 4.10. The minimum Gasteiger partial charge on any atom is -0.369 e. The molecule has 0 saturated carbocycles. The van der Waals surface area contributed by atoms with Crippen molar-refractivity contribution < 1.29 is 14.3 Å². The zero-order valence-electron chi connectivity index (χ0n) is 16.9. The molecule has 1 aliphatic heterocycles. The molecule has 1 fully saturated rings. The van der Waals surface area contributed by atoms with Crippen molar-refractivity contribution in [2.75, 3.05) is 45.8 Å². The molecule has 0 N–H and O–H groups in total. The number of carbonyl (C=O) groups excluding carboxylic acids is 1. The molecule has 2 aromatic rings. The van der Waals surface area contributed by atoms with E-state index in [2.05, 4.69) is 15.0 Å². The van der Waals surface area contributed by atoms with Crippen LogP contribution in [0.3, 0.4) is 0 Å². The maximum atomic E-state index is 12.8. The van der Waals surface area contributed by atoms with Crippen LogP contribution in [-0.4, -0.2) is 77.2 Å². The molecular formula is C19H26N6O3. The largest absolute Gasteiger partial charge is 0.369 e. The molecule has 1 saturated heterocycles. The van der Waals surface area contributed by atoms with Gasteiger partial charge in [-0.25, -0.2) is 19.9 Å². The summed E-state index contributed by atoms with van der Waals surface area (Å²) in [4.78, 5) is 33.8. The van der Waals surface area contributed by atoms with E-state index in [4.69, 9.17) is 14.5 Å². The van der Waals surface area contributed by atoms with E-state index in [-0.39, 0.29) is 12.0 Å². The van der Waals surface area contributed by atoms with Crippen LogP contribution in [0.15, 0.2) is 24.9 Å². The Bertz CT molecular complexity index is 828. The molecule has 0 radical (unpaired) electrons. The number of methoxy groups -OCH3 is 1. The summed E-state index contributed by atoms with van der Waals surface area (Å²) in [6, 6.07) is 0. The Balaban J connectivity index is 1.97. The number of nitrogens with zero attached hydrogens (tertiary/aromatic N) is 6. The fourth-order valence-electron chi connectivity index (χ4n) is 2.97. The number of aromatic nitrogens is 4. The first-order valence-electron chi connectivity index (χ1n) is 9.09. The van der Waals surface area contributed by atoms with Crippen molar-refractivity contribution in [2.24, 2.45) is 0 Å². The van der Waals surface area contributed by atoms with Crippen LogP contribution in [-0.2, 0) is 14.3 Å². The summed E-state index contributed by atoms with van der Waals surface area (Å²) < 4.78 is 11.4. The van der Waals surface area contributed by atoms with Crippen molar-refractivity contribution in [2.45, 2.75) is 25.6 Å². The second-order valence-corrected chi connectivity index (χ2v) is 7.32. The minimum atomic E-state index is -0.890. The summed E-state index contributed by atoms with van der Waals surface area (Å²) in [5.74, 6) is 0.495. The highest BCUT2D eigenvalue weighted by Crippen LogP contribution is 2.31. The van der Waals surface area contributed by atoms with Crippen LogP contribution in [0.4, 0.5) is 5.95 Å². The number of anilines is 1. The molecule has 0 unspecified atom stereocenters. The van der Waals surface area contributed by atoms with Gasteiger partial charge < -0.3 is 19.3 Å². The number of morpholine rings is 1. The highest BCUT2D eigenvalue weighted by atomic mass is 16.5. The van der Waals surface area contributed by atoms with Crippen molar-refractivity contribution in [1.29, 1.82) is 0 Å². The van der Waals surface area contributed by atoms with Crippen LogP contribution in [0.2, 0.25) is 0 Å². The molecule has 2 aromatic heterocycles. The van der Waals surface area contributed by atoms with E-state index in [9.17, 15) is 4.79 Å². The van der Waals surface area contributed by atoms with Crippen LogP contribution in [0.5, 0.6) is 0 Å². The van der Waals surface area contributed by atoms with E-state index < -0.39 is 5.60 Å². The lowest BCUT2D eigenvalue weighted by Crippen LogP contribution is -2.51. The number of ether oxygens (including phenoxy) is 2. The van der Waals surface area contributed by atoms with E-state index in [0.717, 1.165) is 11.1 Å². The predicted molar refractivity (Wildman–Crippen MR) is 104 cm³/mol. The van der Waals surface area contributed by atoms with Gasteiger partial charge in [-0.05, 0) is 13.8 Å². The zero-order chi connectivity index (χ0) is 20.3. The lowest BCUT2D eigenvalue weighted by molar-refractivity contribution is -0.158. The first-order chi connectivity index (χ1) is 13.3. The van der Waals surface area contributed by atoms with Crippen LogP contribution < -0.4 is 4.90 Å². The maximum absolute atomic E-state index is 12.8. The summed E-state index contributed by atoms with van der Waals surface area (Å²) >= 11 is 0. The Morgan fingerprint density at radius 3 is 2.64 bits per heavy atom. The highest BCUT2D eigenvalue weighted by Gasteiger charge is 2.36. The SMILES string of the molecule is COC(C)(C)C(=O)N1CCO[C@H](c2nc(N(C)C)ncc2-c2cncnc2)C1. The molecule has 1 amide bonds. The molecule has 1 aliphatic rings. The lowest BCUT2D eigenvalue weighted by atomic mass is 10.0. The topological polar surface area (TPSA) is 93.6 Å². The number of amides is 1. The Labute approximate surface area is 164 Å². The summed E-state index contributed by atoms with van der Waals surface area (Å²) in [6.07, 6.45) is 6.26. The smallest absolute Gasteiger partial charge is 0.254 e. The quantitative estimate of drug-likeness (QED) is 0.760. The maximum Gasteiger partial charge on any atom is 0.254 e. The Morgan fingerprint density at radius 2 is 2.00 bits per heavy atom. The number of rotatable bonds is 5. The zero-order valence-corrected chi connectivity index (χ0v) is 16.9. The number of hydrogen-bond acceptors (Lipinski definition) is 8. The van der Waals surface area contributed by atoms with Gasteiger partial charge in [-0.2, -0.15) is 0 Å². The molecule has 1 atom stereocenters. The molecule has 3 rings (SSSR count). The second-order valence-electron chi connectivity index (χ2n) is 7.32. The molecule has 0 bridgehead atoms. The van der Waals surface area contributed by atoms with Crippen LogP contribution >= 0.6 is 0 Å². The van der Waals surface area contributed by atoms with Crippen molar-refractivity contribution in [3.8, 4) is 11.1 Å². The molecule has 28 heavy (non-hydrogen) atoms. The van der Waals surface area contributed by atoms with Crippen molar-refractivity contribution in [3.63, 3.8) is 0 Å². The van der Waals surface area contributed by atoms with Gasteiger partial charge in [0.15, 0.2) is 0 Å². The molecule has 0 aromatic carbocycles. The average Bonchev–Trinajstić information content (AvgIpc) is 2.73. The monoisotopic (exact) mass is 386 g/mol. The summed E-state index contributed by atoms with van der Waals surface area (Å²) in [6.45, 7) is 4.85. The van der Waals surface area contributed by atoms with Gasteiger partial charge in [0.1, 0.15) is 18.0 Å². The molecular weight excluding hydrogens is 360 g/mol. The number of hydrogen-bond donors (Lipinski definition) is 0. The van der Waals surface area contributed by atoms with Gasteiger partial charge in [0, 0.05) is 57.5 Å². The normalized spacial score (nSPS) is 17.5. The molecule has 9 nitrogen and oxygen atoms in total. The minimum absolute atomic E-state index is 0.0743. The predicted octanol–water partition coefficient (Wildman–Crippen LogP) is 1.32. The Morgan fingerprint density at radius 1 is 1.29 bits per heavy atom. The van der Waals surface area contributed by atoms with Crippen molar-refractivity contribution in [3.05, 3.63) is 30.6 Å². The van der Waals surface area contributed by atoms with E-state index in [1.54, 1.807) is 37.3 Å². The molecule has 0 aliphatic carbocycles. The fourth-order valence-corrected chi connectivity index (χ4v) is 2.97. The van der Waals surface area contributed by atoms with Crippen molar-refractivity contribution >= 4 is 11.9 Å². The van der Waals surface area contributed by atoms with E-state index in [0.29, 0.717) is 31.3 Å². The lowest BCUT2D eigenvalue weighted by Gasteiger charge is -2.37. The van der Waals surface area contributed by atoms with Crippen LogP contribution in [0.1, 0.15) is 25.6 Å². The van der Waals surface area contributed by atoms with E-state index in [1.165, 1.54) is 13.4 Å². The van der Waals surface area contributed by atoms with Gasteiger partial charge in [-0.15, -0.1) is 0 Å². The van der Waals surface area contributed by atoms with Crippen molar-refractivity contribution in [1.82, 2.24) is 24.8 Å². The van der Waals surface area contributed by atoms with Gasteiger partial charge in [0.25, 0.3) is 5.91 Å². The van der Waals surface area contributed by atoms with Gasteiger partial charge in [0.2, 0.25) is 5.95 Å². The standard InChI is InChI=1S/C19H26N6O3/c1-19(2,27-5)17(26)25-6-7-28-15(11-25)16-14(13-8-20-12-21-9-13)10-22-18(23-16)24(3)4/h8-10,12,15H,6-7,11H2,1-5H3/t15-/m0/s1. The van der Waals surface area contributed by atoms with Gasteiger partial charge in [0.05, 0.1) is 18.8 Å². The molecule has 9 heteroatoms. The Hall–Kier alpha value is -2.65. The molecule has 0 spiro atoms. The number of carbonyl (C=O) groups is 1. The van der Waals surface area contributed by atoms with Crippen LogP contribution in [0, 0.1) is 0 Å². The van der Waals surface area contributed by atoms with Crippen LogP contribution in [0.25, 0.3) is 11.1 Å². The summed E-state index contributed by atoms with van der Waals surface area (Å²) in [5.41, 5.74) is 1.41. The average molecular weight is 386 g/mol. The van der Waals surface area contributed by atoms with Gasteiger partial charge in [-0.1, -0.05) is 0 Å². The molecule has 150 valence electrons. The second kappa shape index (κ2) is 8.15. The van der Waals surface area contributed by atoms with Gasteiger partial charge in [-0.3, -0.25) is 4.79 Å². The molecule has 3 heterocycles. The van der Waals surface area contributed by atoms with E-state index >= 15 is 0 Å².